The van der Waals surface area contributed by atoms with E-state index in [1.54, 1.807) is 6.08 Å². The van der Waals surface area contributed by atoms with Crippen LogP contribution in [0.4, 0.5) is 0 Å². The van der Waals surface area contributed by atoms with Crippen LogP contribution in [0.25, 0.3) is 0 Å². The number of aliphatic hydroxyl groups excluding tert-OH is 1. The Morgan fingerprint density at radius 3 is 3.04 bits per heavy atom. The molecule has 1 fully saturated rings. The molecule has 0 saturated carbocycles. The van der Waals surface area contributed by atoms with Crippen molar-refractivity contribution >= 4 is 0 Å². The first kappa shape index (κ1) is 14.6. The monoisotopic (exact) mass is 319 g/mol. The van der Waals surface area contributed by atoms with Crippen molar-refractivity contribution < 1.29 is 14.7 Å². The molecule has 0 aliphatic carbocycles. The second kappa shape index (κ2) is 5.57. The van der Waals surface area contributed by atoms with E-state index >= 15 is 0 Å². The predicted octanol–water partition coefficient (Wildman–Crippen LogP) is -0.0479. The second-order valence-corrected chi connectivity index (χ2v) is 5.97. The molecule has 0 spiro atoms. The molecule has 0 amide bonds. The van der Waals surface area contributed by atoms with E-state index in [2.05, 4.69) is 28.0 Å². The molecule has 2 unspecified atom stereocenters. The molecule has 2 atom stereocenters. The molecule has 1 saturated heterocycles. The standard InChI is InChI=1S/C15H21N5O3/c1-18-9-11(21)8-12-15(18)20(5-6-22-12)10-3-4-14-19(2)16-13(7-10)17-23-14/h3-4,7-8,13-14,16-17,21H,5-6,9H2,1-2H3/b4-3-,10-7-. The number of ether oxygens (including phenoxy) is 1. The van der Waals surface area contributed by atoms with Crippen LogP contribution in [-0.4, -0.2) is 66.1 Å². The number of hydrazine groups is 1. The van der Waals surface area contributed by atoms with Gasteiger partial charge in [0.05, 0.1) is 13.1 Å². The van der Waals surface area contributed by atoms with Crippen molar-refractivity contribution in [2.45, 2.75) is 12.4 Å². The molecule has 0 aromatic carbocycles. The van der Waals surface area contributed by atoms with Gasteiger partial charge in [-0.15, -0.1) is 0 Å². The summed E-state index contributed by atoms with van der Waals surface area (Å²) in [6.07, 6.45) is 7.56. The van der Waals surface area contributed by atoms with Gasteiger partial charge in [-0.3, -0.25) is 4.84 Å². The predicted molar refractivity (Wildman–Crippen MR) is 82.9 cm³/mol. The lowest BCUT2D eigenvalue weighted by Gasteiger charge is -2.42. The molecule has 3 N–H and O–H groups in total. The van der Waals surface area contributed by atoms with Crippen molar-refractivity contribution in [2.24, 2.45) is 0 Å². The quantitative estimate of drug-likeness (QED) is 0.621. The minimum atomic E-state index is -0.169. The number of hydrogen-bond acceptors (Lipinski definition) is 8. The number of aliphatic hydroxyl groups is 1. The van der Waals surface area contributed by atoms with E-state index in [4.69, 9.17) is 9.57 Å². The van der Waals surface area contributed by atoms with Crippen molar-refractivity contribution in [3.05, 3.63) is 47.3 Å². The molecule has 5 heterocycles. The van der Waals surface area contributed by atoms with E-state index in [-0.39, 0.29) is 12.4 Å². The van der Waals surface area contributed by atoms with Gasteiger partial charge in [0.2, 0.25) is 0 Å². The Kier molecular flexibility index (Phi) is 3.53. The maximum atomic E-state index is 9.83. The van der Waals surface area contributed by atoms with Crippen molar-refractivity contribution in [1.29, 1.82) is 0 Å². The number of hydrogen-bond donors (Lipinski definition) is 3. The van der Waals surface area contributed by atoms with Gasteiger partial charge >= 0.3 is 0 Å². The lowest BCUT2D eigenvalue weighted by molar-refractivity contribution is -0.158. The Labute approximate surface area is 134 Å². The van der Waals surface area contributed by atoms with Crippen molar-refractivity contribution in [3.63, 3.8) is 0 Å². The van der Waals surface area contributed by atoms with Gasteiger partial charge in [0, 0.05) is 25.9 Å². The Hall–Kier alpha value is -2.00. The molecule has 5 aliphatic heterocycles. The number of likely N-dealkylation sites (N-methyl/N-ethyl adjacent to an activating group) is 2. The van der Waals surface area contributed by atoms with Crippen LogP contribution in [-0.2, 0) is 9.57 Å². The van der Waals surface area contributed by atoms with Gasteiger partial charge in [-0.25, -0.2) is 10.4 Å². The third kappa shape index (κ3) is 2.59. The highest BCUT2D eigenvalue weighted by molar-refractivity contribution is 5.34. The maximum absolute atomic E-state index is 9.83. The summed E-state index contributed by atoms with van der Waals surface area (Å²) in [7, 11) is 3.90. The van der Waals surface area contributed by atoms with Crippen molar-refractivity contribution in [1.82, 2.24) is 25.7 Å². The molecule has 0 aromatic heterocycles. The minimum Gasteiger partial charge on any atom is -0.510 e. The fourth-order valence-corrected chi connectivity index (χ4v) is 3.19. The third-order valence-electron chi connectivity index (χ3n) is 4.23. The Balaban J connectivity index is 1.70. The Bertz CT molecular complexity index is 627. The number of hydroxylamine groups is 1. The number of fused-ring (bicyclic) bond motifs is 3. The third-order valence-corrected chi connectivity index (χ3v) is 4.23. The highest BCUT2D eigenvalue weighted by atomic mass is 16.7. The first-order chi connectivity index (χ1) is 11.1. The van der Waals surface area contributed by atoms with Crippen LogP contribution in [0.1, 0.15) is 0 Å². The van der Waals surface area contributed by atoms with Crippen LogP contribution in [0.3, 0.4) is 0 Å². The fraction of sp³-hybridized carbons (Fsp3) is 0.467. The van der Waals surface area contributed by atoms with Crippen LogP contribution in [0.5, 0.6) is 0 Å². The lowest BCUT2D eigenvalue weighted by Crippen LogP contribution is -2.61. The molecule has 124 valence electrons. The van der Waals surface area contributed by atoms with Crippen LogP contribution in [0.2, 0.25) is 0 Å². The highest BCUT2D eigenvalue weighted by Crippen LogP contribution is 2.30. The van der Waals surface area contributed by atoms with Gasteiger partial charge in [0.25, 0.3) is 0 Å². The van der Waals surface area contributed by atoms with Crippen LogP contribution in [0, 0.1) is 0 Å². The first-order valence-electron chi connectivity index (χ1n) is 7.67. The molecule has 0 radical (unpaired) electrons. The molecule has 5 aliphatic rings. The van der Waals surface area contributed by atoms with Crippen LogP contribution >= 0.6 is 0 Å². The van der Waals surface area contributed by atoms with Gasteiger partial charge in [-0.05, 0) is 18.2 Å². The fourth-order valence-electron chi connectivity index (χ4n) is 3.19. The zero-order valence-corrected chi connectivity index (χ0v) is 13.2. The molecule has 0 aromatic rings. The highest BCUT2D eigenvalue weighted by Gasteiger charge is 2.31. The first-order valence-corrected chi connectivity index (χ1v) is 7.67. The van der Waals surface area contributed by atoms with E-state index in [9.17, 15) is 5.11 Å². The number of allylic oxidation sites excluding steroid dienone is 2. The minimum absolute atomic E-state index is 0.110. The molecule has 8 nitrogen and oxygen atoms in total. The average Bonchev–Trinajstić information content (AvgIpc) is 2.48. The van der Waals surface area contributed by atoms with Crippen LogP contribution < -0.4 is 10.9 Å². The molecular weight excluding hydrogens is 298 g/mol. The summed E-state index contributed by atoms with van der Waals surface area (Å²) < 4.78 is 5.72. The molecule has 8 heteroatoms. The summed E-state index contributed by atoms with van der Waals surface area (Å²) in [5, 5.41) is 11.7. The SMILES string of the molecule is CN1CC(O)=CC2=C1N(C1=C\C3NOC(/C=C\1)N(C)N3)CCO2. The lowest BCUT2D eigenvalue weighted by atomic mass is 10.2. The Morgan fingerprint density at radius 1 is 1.35 bits per heavy atom. The topological polar surface area (TPSA) is 72.5 Å². The summed E-state index contributed by atoms with van der Waals surface area (Å²) in [6, 6.07) is 0. The molecule has 2 bridgehead atoms. The Morgan fingerprint density at radius 2 is 2.22 bits per heavy atom. The van der Waals surface area contributed by atoms with E-state index < -0.39 is 0 Å². The summed E-state index contributed by atoms with van der Waals surface area (Å²) in [5.74, 6) is 1.99. The summed E-state index contributed by atoms with van der Waals surface area (Å²) in [6.45, 7) is 1.80. The molecule has 23 heavy (non-hydrogen) atoms. The van der Waals surface area contributed by atoms with Gasteiger partial charge in [-0.2, -0.15) is 5.48 Å². The summed E-state index contributed by atoms with van der Waals surface area (Å²) in [5.41, 5.74) is 7.36. The van der Waals surface area contributed by atoms with Crippen LogP contribution in [0.15, 0.2) is 47.3 Å². The molecule has 5 rings (SSSR count). The maximum Gasteiger partial charge on any atom is 0.163 e. The number of nitrogens with zero attached hydrogens (tertiary/aromatic N) is 3. The van der Waals surface area contributed by atoms with E-state index in [1.165, 1.54) is 0 Å². The van der Waals surface area contributed by atoms with Gasteiger partial charge in [0.15, 0.2) is 17.8 Å². The van der Waals surface area contributed by atoms with E-state index in [0.29, 0.717) is 24.7 Å². The van der Waals surface area contributed by atoms with Gasteiger partial charge in [-0.1, -0.05) is 0 Å². The largest absolute Gasteiger partial charge is 0.510 e. The molecular formula is C15H21N5O3. The van der Waals surface area contributed by atoms with Crippen molar-refractivity contribution in [3.8, 4) is 0 Å². The summed E-state index contributed by atoms with van der Waals surface area (Å²) >= 11 is 0. The summed E-state index contributed by atoms with van der Waals surface area (Å²) in [4.78, 5) is 9.76. The number of rotatable bonds is 1. The second-order valence-electron chi connectivity index (χ2n) is 5.97. The zero-order chi connectivity index (χ0) is 16.0. The van der Waals surface area contributed by atoms with Gasteiger partial charge in [0.1, 0.15) is 18.5 Å². The van der Waals surface area contributed by atoms with Crippen molar-refractivity contribution in [2.75, 3.05) is 33.8 Å². The van der Waals surface area contributed by atoms with Gasteiger partial charge < -0.3 is 19.6 Å². The normalized spacial score (nSPS) is 34.9. The van der Waals surface area contributed by atoms with E-state index in [1.807, 2.05) is 30.1 Å². The zero-order valence-electron chi connectivity index (χ0n) is 13.2. The average molecular weight is 319 g/mol. The van der Waals surface area contributed by atoms with E-state index in [0.717, 1.165) is 18.1 Å². The number of nitrogens with one attached hydrogen (secondary N) is 2. The smallest absolute Gasteiger partial charge is 0.163 e.